The molecule has 25 heavy (non-hydrogen) atoms. The fraction of sp³-hybridized carbons (Fsp3) is 0.300. The van der Waals surface area contributed by atoms with E-state index in [1.54, 1.807) is 18.2 Å². The zero-order valence-corrected chi connectivity index (χ0v) is 15.2. The number of benzene rings is 2. The number of amides is 1. The highest BCUT2D eigenvalue weighted by molar-refractivity contribution is 6.33. The maximum Gasteiger partial charge on any atom is 0.228 e. The van der Waals surface area contributed by atoms with Crippen LogP contribution in [0.2, 0.25) is 5.02 Å². The van der Waals surface area contributed by atoms with Gasteiger partial charge in [0.25, 0.3) is 0 Å². The lowest BCUT2D eigenvalue weighted by Crippen LogP contribution is -2.11. The maximum absolute atomic E-state index is 12.0. The van der Waals surface area contributed by atoms with Gasteiger partial charge >= 0.3 is 0 Å². The Kier molecular flexibility index (Phi) is 5.39. The third-order valence-electron chi connectivity index (χ3n) is 4.03. The molecule has 1 N–H and O–H groups in total. The summed E-state index contributed by atoms with van der Waals surface area (Å²) in [7, 11) is 0. The molecule has 130 valence electrons. The standard InChI is InChI=1S/C20H21ClN2O2/c1-3-4-5-6-19(24)22-14-8-9-16(21)15(12-14)20-23-17-11-13(2)7-10-18(17)25-20/h7-12H,3-6H2,1-2H3,(H,22,24). The molecule has 1 heterocycles. The molecule has 2 aromatic carbocycles. The highest BCUT2D eigenvalue weighted by atomic mass is 35.5. The van der Waals surface area contributed by atoms with E-state index < -0.39 is 0 Å². The molecule has 4 nitrogen and oxygen atoms in total. The molecule has 0 bridgehead atoms. The first-order chi connectivity index (χ1) is 12.1. The van der Waals surface area contributed by atoms with Gasteiger partial charge in [-0.1, -0.05) is 37.4 Å². The SMILES string of the molecule is CCCCCC(=O)Nc1ccc(Cl)c(-c2nc3cc(C)ccc3o2)c1. The summed E-state index contributed by atoms with van der Waals surface area (Å²) >= 11 is 6.32. The van der Waals surface area contributed by atoms with Crippen molar-refractivity contribution in [3.05, 3.63) is 47.0 Å². The van der Waals surface area contributed by atoms with E-state index >= 15 is 0 Å². The summed E-state index contributed by atoms with van der Waals surface area (Å²) in [6, 6.07) is 11.2. The summed E-state index contributed by atoms with van der Waals surface area (Å²) in [6.45, 7) is 4.13. The summed E-state index contributed by atoms with van der Waals surface area (Å²) in [4.78, 5) is 16.5. The first-order valence-electron chi connectivity index (χ1n) is 8.54. The highest BCUT2D eigenvalue weighted by Gasteiger charge is 2.13. The minimum atomic E-state index is 0.00918. The zero-order valence-electron chi connectivity index (χ0n) is 14.4. The van der Waals surface area contributed by atoms with Gasteiger partial charge in [-0.3, -0.25) is 4.79 Å². The quantitative estimate of drug-likeness (QED) is 0.553. The number of fused-ring (bicyclic) bond motifs is 1. The van der Waals surface area contributed by atoms with Crippen molar-refractivity contribution in [3.8, 4) is 11.5 Å². The molecule has 1 aromatic heterocycles. The second-order valence-corrected chi connectivity index (χ2v) is 6.60. The van der Waals surface area contributed by atoms with E-state index in [0.717, 1.165) is 30.3 Å². The van der Waals surface area contributed by atoms with Crippen LogP contribution in [-0.2, 0) is 4.79 Å². The lowest BCUT2D eigenvalue weighted by Gasteiger charge is -2.07. The third kappa shape index (κ3) is 4.20. The Bertz CT molecular complexity index is 902. The Morgan fingerprint density at radius 3 is 2.84 bits per heavy atom. The normalized spacial score (nSPS) is 11.0. The summed E-state index contributed by atoms with van der Waals surface area (Å²) in [5.74, 6) is 0.461. The number of rotatable bonds is 6. The number of halogens is 1. The number of carbonyl (C=O) groups is 1. The van der Waals surface area contributed by atoms with Crippen LogP contribution in [-0.4, -0.2) is 10.9 Å². The molecule has 0 spiro atoms. The Morgan fingerprint density at radius 2 is 2.04 bits per heavy atom. The van der Waals surface area contributed by atoms with Gasteiger partial charge in [-0.05, 0) is 49.2 Å². The Hall–Kier alpha value is -2.33. The topological polar surface area (TPSA) is 55.1 Å². The van der Waals surface area contributed by atoms with Crippen LogP contribution in [0, 0.1) is 6.92 Å². The average Bonchev–Trinajstić information content (AvgIpc) is 2.99. The molecule has 3 aromatic rings. The number of aryl methyl sites for hydroxylation is 1. The molecule has 0 aliphatic heterocycles. The number of nitrogens with zero attached hydrogens (tertiary/aromatic N) is 1. The van der Waals surface area contributed by atoms with Gasteiger partial charge in [-0.25, -0.2) is 4.98 Å². The van der Waals surface area contributed by atoms with Crippen molar-refractivity contribution in [2.75, 3.05) is 5.32 Å². The van der Waals surface area contributed by atoms with E-state index in [9.17, 15) is 4.79 Å². The van der Waals surface area contributed by atoms with Crippen LogP contribution in [0.25, 0.3) is 22.6 Å². The average molecular weight is 357 g/mol. The lowest BCUT2D eigenvalue weighted by molar-refractivity contribution is -0.116. The van der Waals surface area contributed by atoms with Gasteiger partial charge in [0.15, 0.2) is 5.58 Å². The fourth-order valence-electron chi connectivity index (χ4n) is 2.68. The van der Waals surface area contributed by atoms with Crippen LogP contribution in [0.1, 0.15) is 38.2 Å². The van der Waals surface area contributed by atoms with Crippen molar-refractivity contribution in [1.29, 1.82) is 0 Å². The number of anilines is 1. The molecule has 3 rings (SSSR count). The van der Waals surface area contributed by atoms with Crippen molar-refractivity contribution in [2.24, 2.45) is 0 Å². The Labute approximate surface area is 152 Å². The Morgan fingerprint density at radius 1 is 1.20 bits per heavy atom. The molecule has 0 fully saturated rings. The highest BCUT2D eigenvalue weighted by Crippen LogP contribution is 2.32. The monoisotopic (exact) mass is 356 g/mol. The zero-order chi connectivity index (χ0) is 17.8. The van der Waals surface area contributed by atoms with Gasteiger partial charge in [0.2, 0.25) is 11.8 Å². The molecular weight excluding hydrogens is 336 g/mol. The lowest BCUT2D eigenvalue weighted by atomic mass is 10.1. The molecule has 0 aliphatic rings. The van der Waals surface area contributed by atoms with Gasteiger partial charge in [0.1, 0.15) is 5.52 Å². The van der Waals surface area contributed by atoms with Crippen molar-refractivity contribution in [1.82, 2.24) is 4.98 Å². The molecule has 0 aliphatic carbocycles. The molecule has 0 saturated heterocycles. The van der Waals surface area contributed by atoms with E-state index in [1.807, 2.05) is 25.1 Å². The van der Waals surface area contributed by atoms with E-state index in [-0.39, 0.29) is 5.91 Å². The van der Waals surface area contributed by atoms with Gasteiger partial charge in [-0.2, -0.15) is 0 Å². The van der Waals surface area contributed by atoms with E-state index in [4.69, 9.17) is 16.0 Å². The summed E-state index contributed by atoms with van der Waals surface area (Å²) in [6.07, 6.45) is 3.57. The smallest absolute Gasteiger partial charge is 0.228 e. The van der Waals surface area contributed by atoms with Crippen LogP contribution < -0.4 is 5.32 Å². The predicted octanol–water partition coefficient (Wildman–Crippen LogP) is 5.98. The van der Waals surface area contributed by atoms with Gasteiger partial charge in [0, 0.05) is 12.1 Å². The molecule has 0 unspecified atom stereocenters. The number of hydrogen-bond donors (Lipinski definition) is 1. The van der Waals surface area contributed by atoms with Crippen molar-refractivity contribution < 1.29 is 9.21 Å². The van der Waals surface area contributed by atoms with Crippen molar-refractivity contribution >= 4 is 34.3 Å². The van der Waals surface area contributed by atoms with Crippen molar-refractivity contribution in [3.63, 3.8) is 0 Å². The summed E-state index contributed by atoms with van der Waals surface area (Å²) < 4.78 is 5.82. The Balaban J connectivity index is 1.84. The van der Waals surface area contributed by atoms with Gasteiger partial charge in [0.05, 0.1) is 10.6 Å². The number of aromatic nitrogens is 1. The number of oxazole rings is 1. The minimum Gasteiger partial charge on any atom is -0.436 e. The van der Waals surface area contributed by atoms with Crippen LogP contribution in [0.15, 0.2) is 40.8 Å². The molecule has 0 saturated carbocycles. The maximum atomic E-state index is 12.0. The van der Waals surface area contributed by atoms with Crippen LogP contribution >= 0.6 is 11.6 Å². The largest absolute Gasteiger partial charge is 0.436 e. The van der Waals surface area contributed by atoms with E-state index in [0.29, 0.717) is 34.2 Å². The van der Waals surface area contributed by atoms with Crippen LogP contribution in [0.5, 0.6) is 0 Å². The third-order valence-corrected chi connectivity index (χ3v) is 4.36. The summed E-state index contributed by atoms with van der Waals surface area (Å²) in [5, 5.41) is 3.45. The minimum absolute atomic E-state index is 0.00918. The number of unbranched alkanes of at least 4 members (excludes halogenated alkanes) is 2. The molecule has 0 atom stereocenters. The van der Waals surface area contributed by atoms with Crippen LogP contribution in [0.3, 0.4) is 0 Å². The van der Waals surface area contributed by atoms with E-state index in [1.165, 1.54) is 0 Å². The molecule has 5 heteroatoms. The first kappa shape index (κ1) is 17.5. The van der Waals surface area contributed by atoms with Crippen molar-refractivity contribution in [2.45, 2.75) is 39.5 Å². The molecule has 0 radical (unpaired) electrons. The molecule has 1 amide bonds. The number of carbonyl (C=O) groups excluding carboxylic acids is 1. The number of hydrogen-bond acceptors (Lipinski definition) is 3. The van der Waals surface area contributed by atoms with E-state index in [2.05, 4.69) is 17.2 Å². The predicted molar refractivity (Wildman–Crippen MR) is 102 cm³/mol. The summed E-state index contributed by atoms with van der Waals surface area (Å²) in [5.41, 5.74) is 3.98. The van der Waals surface area contributed by atoms with Crippen LogP contribution in [0.4, 0.5) is 5.69 Å². The molecular formula is C20H21ClN2O2. The van der Waals surface area contributed by atoms with Gasteiger partial charge in [-0.15, -0.1) is 0 Å². The first-order valence-corrected chi connectivity index (χ1v) is 8.91. The van der Waals surface area contributed by atoms with Gasteiger partial charge < -0.3 is 9.73 Å². The fourth-order valence-corrected chi connectivity index (χ4v) is 2.88. The number of nitrogens with one attached hydrogen (secondary N) is 1. The second-order valence-electron chi connectivity index (χ2n) is 6.19. The second kappa shape index (κ2) is 7.70.